The molecule has 4 N–H and O–H groups in total. The summed E-state index contributed by atoms with van der Waals surface area (Å²) in [6, 6.07) is 0. The molecule has 0 fully saturated rings. The van der Waals surface area contributed by atoms with Gasteiger partial charge in [-0.3, -0.25) is 10.6 Å². The molecular weight excluding hydrogens is 292 g/mol. The van der Waals surface area contributed by atoms with Crippen LogP contribution in [0.2, 0.25) is 0 Å². The third-order valence-electron chi connectivity index (χ3n) is 3.13. The molecule has 0 unspecified atom stereocenters. The summed E-state index contributed by atoms with van der Waals surface area (Å²) >= 11 is 0. The van der Waals surface area contributed by atoms with Crippen LogP contribution in [0.1, 0.15) is 34.1 Å². The van der Waals surface area contributed by atoms with Crippen molar-refractivity contribution in [1.82, 2.24) is 10.6 Å². The quantitative estimate of drug-likeness (QED) is 0.261. The molecular formula is C13H32N2O5Si. The largest absolute Gasteiger partial charge is 0.537 e. The molecule has 0 heterocycles. The number of hydrogen-bond donors (Lipinski definition) is 4. The average Bonchev–Trinajstić information content (AvgIpc) is 2.48. The zero-order valence-corrected chi connectivity index (χ0v) is 14.8. The van der Waals surface area contributed by atoms with Crippen LogP contribution in [0, 0.1) is 0 Å². The van der Waals surface area contributed by atoms with Crippen molar-refractivity contribution in [3.63, 3.8) is 0 Å². The molecule has 0 radical (unpaired) electrons. The van der Waals surface area contributed by atoms with Crippen molar-refractivity contribution < 1.29 is 23.5 Å². The number of aliphatic hydroxyl groups excluding tert-OH is 2. The lowest BCUT2D eigenvalue weighted by molar-refractivity contribution is 0.0252. The highest BCUT2D eigenvalue weighted by molar-refractivity contribution is 6.64. The Balaban J connectivity index is 5.55. The minimum absolute atomic E-state index is 0.00257. The molecule has 0 saturated carbocycles. The first-order valence-electron chi connectivity index (χ1n) is 7.75. The summed E-state index contributed by atoms with van der Waals surface area (Å²) in [7, 11) is -3.09. The highest BCUT2D eigenvalue weighted by Crippen LogP contribution is 2.26. The van der Waals surface area contributed by atoms with Gasteiger partial charge in [0.25, 0.3) is 0 Å². The second-order valence-corrected chi connectivity index (χ2v) is 7.25. The summed E-state index contributed by atoms with van der Waals surface area (Å²) < 4.78 is 17.9. The molecule has 0 aliphatic rings. The Hall–Kier alpha value is -0.0631. The van der Waals surface area contributed by atoms with Crippen LogP contribution in [0.25, 0.3) is 0 Å². The third kappa shape index (κ3) is 5.57. The fraction of sp³-hybridized carbons (Fsp3) is 1.00. The molecule has 0 spiro atoms. The van der Waals surface area contributed by atoms with E-state index >= 15 is 0 Å². The van der Waals surface area contributed by atoms with E-state index in [1.807, 2.05) is 27.7 Å². The smallest absolute Gasteiger partial charge is 0.395 e. The molecule has 0 amide bonds. The van der Waals surface area contributed by atoms with E-state index in [2.05, 4.69) is 10.6 Å². The van der Waals surface area contributed by atoms with E-state index in [4.69, 9.17) is 23.5 Å². The third-order valence-corrected chi connectivity index (χ3v) is 6.89. The van der Waals surface area contributed by atoms with Crippen molar-refractivity contribution in [1.29, 1.82) is 0 Å². The van der Waals surface area contributed by atoms with Gasteiger partial charge in [0, 0.05) is 32.9 Å². The zero-order valence-electron chi connectivity index (χ0n) is 13.8. The Labute approximate surface area is 129 Å². The topological polar surface area (TPSA) is 92.2 Å². The molecule has 0 atom stereocenters. The summed E-state index contributed by atoms with van der Waals surface area (Å²) in [5.41, 5.74) is 0. The Bertz CT molecular complexity index is 234. The number of hydrogen-bond acceptors (Lipinski definition) is 7. The molecule has 0 rings (SSSR count). The summed E-state index contributed by atoms with van der Waals surface area (Å²) in [5, 5.41) is 24.1. The lowest BCUT2D eigenvalue weighted by Gasteiger charge is -2.45. The van der Waals surface area contributed by atoms with Crippen LogP contribution in [-0.4, -0.2) is 70.4 Å². The Morgan fingerprint density at radius 2 is 1.19 bits per heavy atom. The van der Waals surface area contributed by atoms with Crippen molar-refractivity contribution in [3.8, 4) is 0 Å². The molecule has 0 saturated heterocycles. The maximum absolute atomic E-state index is 9.16. The predicted molar refractivity (Wildman–Crippen MR) is 83.8 cm³/mol. The first kappa shape index (κ1) is 20.9. The summed E-state index contributed by atoms with van der Waals surface area (Å²) in [6.07, 6.45) is 0.638. The van der Waals surface area contributed by atoms with Gasteiger partial charge in [0.1, 0.15) is 5.29 Å². The molecule has 0 aliphatic carbocycles. The molecule has 7 nitrogen and oxygen atoms in total. The van der Waals surface area contributed by atoms with Crippen LogP contribution in [0.15, 0.2) is 0 Å². The predicted octanol–water partition coefficient (Wildman–Crippen LogP) is -0.156. The van der Waals surface area contributed by atoms with Crippen molar-refractivity contribution >= 4 is 8.80 Å². The van der Waals surface area contributed by atoms with Crippen molar-refractivity contribution in [3.05, 3.63) is 0 Å². The first-order valence-corrected chi connectivity index (χ1v) is 9.47. The van der Waals surface area contributed by atoms with Gasteiger partial charge in [0.15, 0.2) is 0 Å². The highest BCUT2D eigenvalue weighted by Gasteiger charge is 2.60. The molecule has 0 aromatic rings. The number of aliphatic hydroxyl groups is 2. The van der Waals surface area contributed by atoms with Gasteiger partial charge in [-0.05, 0) is 27.2 Å². The van der Waals surface area contributed by atoms with Crippen molar-refractivity contribution in [2.45, 2.75) is 39.4 Å². The van der Waals surface area contributed by atoms with Crippen LogP contribution >= 0.6 is 0 Å². The zero-order chi connectivity index (χ0) is 16.2. The van der Waals surface area contributed by atoms with Crippen molar-refractivity contribution in [2.24, 2.45) is 0 Å². The Kier molecular flexibility index (Phi) is 11.5. The van der Waals surface area contributed by atoms with Gasteiger partial charge in [0.05, 0.1) is 13.2 Å². The van der Waals surface area contributed by atoms with E-state index in [9.17, 15) is 0 Å². The first-order chi connectivity index (χ1) is 10.1. The minimum atomic E-state index is -3.09. The van der Waals surface area contributed by atoms with Crippen LogP contribution < -0.4 is 10.6 Å². The Morgan fingerprint density at radius 3 is 1.43 bits per heavy atom. The van der Waals surface area contributed by atoms with Gasteiger partial charge in [-0.2, -0.15) is 0 Å². The fourth-order valence-corrected chi connectivity index (χ4v) is 5.59. The van der Waals surface area contributed by atoms with Crippen molar-refractivity contribution in [2.75, 3.05) is 46.1 Å². The second-order valence-electron chi connectivity index (χ2n) is 4.41. The van der Waals surface area contributed by atoms with Crippen LogP contribution in [0.3, 0.4) is 0 Å². The standard InChI is InChI=1S/C13H32N2O5Si/c1-5-13(14-9-11-16,15-10-12-17)21(18-6-2,19-7-3)20-8-4/h14-17H,5-12H2,1-4H3. The van der Waals surface area contributed by atoms with E-state index in [0.29, 0.717) is 39.3 Å². The van der Waals surface area contributed by atoms with Gasteiger partial charge < -0.3 is 23.5 Å². The van der Waals surface area contributed by atoms with E-state index in [1.165, 1.54) is 0 Å². The average molecular weight is 324 g/mol. The van der Waals surface area contributed by atoms with Gasteiger partial charge in [-0.15, -0.1) is 0 Å². The summed E-state index contributed by atoms with van der Waals surface area (Å²) in [6.45, 7) is 9.86. The molecule has 0 aromatic heterocycles. The van der Waals surface area contributed by atoms with E-state index in [1.54, 1.807) is 0 Å². The van der Waals surface area contributed by atoms with Crippen LogP contribution in [0.5, 0.6) is 0 Å². The van der Waals surface area contributed by atoms with E-state index in [0.717, 1.165) is 0 Å². The Morgan fingerprint density at radius 1 is 0.810 bits per heavy atom. The molecule has 0 aliphatic heterocycles. The van der Waals surface area contributed by atoms with Gasteiger partial charge >= 0.3 is 8.80 Å². The monoisotopic (exact) mass is 324 g/mol. The maximum Gasteiger partial charge on any atom is 0.537 e. The minimum Gasteiger partial charge on any atom is -0.395 e. The van der Waals surface area contributed by atoms with Gasteiger partial charge in [0.2, 0.25) is 0 Å². The van der Waals surface area contributed by atoms with Crippen LogP contribution in [-0.2, 0) is 13.3 Å². The molecule has 128 valence electrons. The highest BCUT2D eigenvalue weighted by atomic mass is 28.4. The van der Waals surface area contributed by atoms with E-state index < -0.39 is 14.1 Å². The molecule has 0 bridgehead atoms. The lowest BCUT2D eigenvalue weighted by Crippen LogP contribution is -2.78. The van der Waals surface area contributed by atoms with Gasteiger partial charge in [-0.25, -0.2) is 0 Å². The summed E-state index contributed by atoms with van der Waals surface area (Å²) in [5.74, 6) is 0. The fourth-order valence-electron chi connectivity index (χ4n) is 2.35. The molecule has 21 heavy (non-hydrogen) atoms. The SMILES string of the molecule is CCO[Si](OCC)(OCC)C(CC)(NCCO)NCCO. The molecule has 8 heteroatoms. The van der Waals surface area contributed by atoms with E-state index in [-0.39, 0.29) is 13.2 Å². The lowest BCUT2D eigenvalue weighted by atomic mass is 10.3. The van der Waals surface area contributed by atoms with Gasteiger partial charge in [-0.1, -0.05) is 6.92 Å². The molecule has 0 aromatic carbocycles. The normalized spacial score (nSPS) is 12.9. The summed E-state index contributed by atoms with van der Waals surface area (Å²) in [4.78, 5) is 0. The number of nitrogens with one attached hydrogen (secondary N) is 2. The van der Waals surface area contributed by atoms with Crippen LogP contribution in [0.4, 0.5) is 0 Å². The number of rotatable bonds is 14. The second kappa shape index (κ2) is 11.5. The maximum atomic E-state index is 9.16.